The Kier molecular flexibility index (Phi) is 3.89. The second-order valence-electron chi connectivity index (χ2n) is 3.96. The van der Waals surface area contributed by atoms with E-state index in [1.165, 1.54) is 5.56 Å². The highest BCUT2D eigenvalue weighted by Crippen LogP contribution is 2.11. The third-order valence-electron chi connectivity index (χ3n) is 2.53. The van der Waals surface area contributed by atoms with E-state index in [4.69, 9.17) is 17.0 Å². The van der Waals surface area contributed by atoms with Crippen molar-refractivity contribution in [3.8, 4) is 5.75 Å². The number of ether oxygens (including phenoxy) is 1. The van der Waals surface area contributed by atoms with Gasteiger partial charge in [0.25, 0.3) is 0 Å². The van der Waals surface area contributed by atoms with Crippen LogP contribution in [0.3, 0.4) is 0 Å². The minimum atomic E-state index is 0.674. The molecule has 0 radical (unpaired) electrons. The van der Waals surface area contributed by atoms with Crippen LogP contribution >= 0.6 is 12.2 Å². The Balaban J connectivity index is 2.11. The topological polar surface area (TPSA) is 25.1 Å². The van der Waals surface area contributed by atoms with E-state index in [9.17, 15) is 0 Å². The van der Waals surface area contributed by atoms with Gasteiger partial charge >= 0.3 is 0 Å². The van der Waals surface area contributed by atoms with Gasteiger partial charge in [-0.05, 0) is 37.3 Å². The molecule has 1 aromatic heterocycles. The number of benzene rings is 1. The number of nitrogens with one attached hydrogen (secondary N) is 1. The van der Waals surface area contributed by atoms with E-state index in [1.807, 2.05) is 60.4 Å². The molecule has 2 aromatic rings. The first-order valence-corrected chi connectivity index (χ1v) is 6.03. The molecule has 1 heterocycles. The summed E-state index contributed by atoms with van der Waals surface area (Å²) in [6.07, 6.45) is 3.90. The van der Waals surface area contributed by atoms with Crippen molar-refractivity contribution in [1.82, 2.24) is 0 Å². The van der Waals surface area contributed by atoms with Gasteiger partial charge in [-0.15, -0.1) is 5.43 Å². The summed E-state index contributed by atoms with van der Waals surface area (Å²) in [5, 5.41) is 0. The molecular formula is C14H15N2OS+. The van der Waals surface area contributed by atoms with Crippen molar-refractivity contribution >= 4 is 17.2 Å². The molecule has 0 fully saturated rings. The van der Waals surface area contributed by atoms with Gasteiger partial charge in [0.05, 0.1) is 7.11 Å². The highest BCUT2D eigenvalue weighted by atomic mass is 32.1. The van der Waals surface area contributed by atoms with Crippen molar-refractivity contribution in [2.24, 2.45) is 0 Å². The number of aryl methyl sites for hydroxylation is 1. The second kappa shape index (κ2) is 5.60. The molecule has 3 nitrogen and oxygen atoms in total. The third-order valence-corrected chi connectivity index (χ3v) is 2.86. The average Bonchev–Trinajstić information content (AvgIpc) is 2.39. The molecule has 0 bridgehead atoms. The fourth-order valence-electron chi connectivity index (χ4n) is 1.59. The molecule has 1 N–H and O–H groups in total. The molecule has 2 rings (SSSR count). The number of nitrogens with zero attached hydrogens (tertiary/aromatic N) is 1. The lowest BCUT2D eigenvalue weighted by molar-refractivity contribution is -0.640. The van der Waals surface area contributed by atoms with Crippen LogP contribution in [0.5, 0.6) is 5.75 Å². The van der Waals surface area contributed by atoms with Gasteiger partial charge in [0.2, 0.25) is 6.20 Å². The zero-order valence-electron chi connectivity index (χ0n) is 10.4. The molecule has 4 heteroatoms. The van der Waals surface area contributed by atoms with Crippen LogP contribution in [0.4, 0.5) is 0 Å². The summed E-state index contributed by atoms with van der Waals surface area (Å²) >= 11 is 5.35. The Bertz CT molecular complexity index is 552. The van der Waals surface area contributed by atoms with E-state index in [1.54, 1.807) is 7.11 Å². The molecule has 0 unspecified atom stereocenters. The number of pyridine rings is 1. The van der Waals surface area contributed by atoms with Crippen molar-refractivity contribution in [3.05, 3.63) is 59.9 Å². The Morgan fingerprint density at radius 2 is 1.94 bits per heavy atom. The first-order valence-electron chi connectivity index (χ1n) is 5.62. The van der Waals surface area contributed by atoms with Gasteiger partial charge in [-0.3, -0.25) is 0 Å². The van der Waals surface area contributed by atoms with Gasteiger partial charge in [0, 0.05) is 17.2 Å². The van der Waals surface area contributed by atoms with Crippen molar-refractivity contribution in [1.29, 1.82) is 0 Å². The lowest BCUT2D eigenvalue weighted by Crippen LogP contribution is -2.47. The van der Waals surface area contributed by atoms with Crippen LogP contribution in [0.25, 0.3) is 0 Å². The van der Waals surface area contributed by atoms with E-state index in [0.717, 1.165) is 11.3 Å². The number of hydrogen-bond donors (Lipinski definition) is 1. The Hall–Kier alpha value is -1.94. The highest BCUT2D eigenvalue weighted by Gasteiger charge is 2.06. The monoisotopic (exact) mass is 259 g/mol. The standard InChI is InChI=1S/C14H14N2OS/c1-11-4-3-9-16(10-11)15-14(18)12-5-7-13(17-2)8-6-12/h3-10H,1-2H3/p+1. The molecule has 0 saturated carbocycles. The fraction of sp³-hybridized carbons (Fsp3) is 0.143. The maximum Gasteiger partial charge on any atom is 0.202 e. The van der Waals surface area contributed by atoms with Crippen LogP contribution < -0.4 is 14.8 Å². The molecule has 18 heavy (non-hydrogen) atoms. The van der Waals surface area contributed by atoms with E-state index in [2.05, 4.69) is 5.43 Å². The smallest absolute Gasteiger partial charge is 0.202 e. The molecule has 1 aromatic carbocycles. The highest BCUT2D eigenvalue weighted by molar-refractivity contribution is 7.81. The molecule has 0 atom stereocenters. The number of hydrogen-bond acceptors (Lipinski definition) is 2. The normalized spacial score (nSPS) is 9.89. The summed E-state index contributed by atoms with van der Waals surface area (Å²) in [7, 11) is 1.65. The van der Waals surface area contributed by atoms with Crippen molar-refractivity contribution < 1.29 is 9.41 Å². The van der Waals surface area contributed by atoms with Crippen LogP contribution in [-0.4, -0.2) is 12.1 Å². The van der Waals surface area contributed by atoms with Crippen LogP contribution in [0, 0.1) is 6.92 Å². The van der Waals surface area contributed by atoms with Gasteiger partial charge in [-0.2, -0.15) is 0 Å². The van der Waals surface area contributed by atoms with Crippen LogP contribution in [0.2, 0.25) is 0 Å². The Labute approximate surface area is 112 Å². The molecule has 0 spiro atoms. The molecule has 92 valence electrons. The quantitative estimate of drug-likeness (QED) is 0.676. The molecule has 0 aliphatic rings. The van der Waals surface area contributed by atoms with Gasteiger partial charge in [0.15, 0.2) is 11.2 Å². The zero-order chi connectivity index (χ0) is 13.0. The van der Waals surface area contributed by atoms with E-state index in [0.29, 0.717) is 4.99 Å². The molecular weight excluding hydrogens is 244 g/mol. The predicted octanol–water partition coefficient (Wildman–Crippen LogP) is 2.21. The molecule has 0 saturated heterocycles. The minimum Gasteiger partial charge on any atom is -0.497 e. The summed E-state index contributed by atoms with van der Waals surface area (Å²) in [5.41, 5.74) is 5.27. The van der Waals surface area contributed by atoms with Crippen LogP contribution in [0.15, 0.2) is 48.8 Å². The fourth-order valence-corrected chi connectivity index (χ4v) is 1.83. The lowest BCUT2D eigenvalue weighted by atomic mass is 10.2. The molecule has 0 amide bonds. The first kappa shape index (κ1) is 12.5. The van der Waals surface area contributed by atoms with Gasteiger partial charge in [0.1, 0.15) is 5.75 Å². The average molecular weight is 259 g/mol. The van der Waals surface area contributed by atoms with Gasteiger partial charge < -0.3 is 4.74 Å². The van der Waals surface area contributed by atoms with Crippen molar-refractivity contribution in [2.75, 3.05) is 12.5 Å². The summed E-state index contributed by atoms with van der Waals surface area (Å²) in [5.74, 6) is 0.824. The minimum absolute atomic E-state index is 0.674. The number of thiocarbonyl (C=S) groups is 1. The maximum atomic E-state index is 5.35. The summed E-state index contributed by atoms with van der Waals surface area (Å²) in [6.45, 7) is 2.04. The van der Waals surface area contributed by atoms with Gasteiger partial charge in [-0.1, -0.05) is 16.9 Å². The van der Waals surface area contributed by atoms with Crippen molar-refractivity contribution in [3.63, 3.8) is 0 Å². The summed E-state index contributed by atoms with van der Waals surface area (Å²) in [4.78, 5) is 0.674. The number of methoxy groups -OCH3 is 1. The number of rotatable bonds is 3. The largest absolute Gasteiger partial charge is 0.497 e. The van der Waals surface area contributed by atoms with Crippen LogP contribution in [-0.2, 0) is 0 Å². The first-order chi connectivity index (χ1) is 8.69. The van der Waals surface area contributed by atoms with E-state index in [-0.39, 0.29) is 0 Å². The molecule has 0 aliphatic heterocycles. The number of aromatic nitrogens is 1. The van der Waals surface area contributed by atoms with Crippen molar-refractivity contribution in [2.45, 2.75) is 6.92 Å². The molecule has 0 aliphatic carbocycles. The van der Waals surface area contributed by atoms with E-state index < -0.39 is 0 Å². The Morgan fingerprint density at radius 1 is 1.22 bits per heavy atom. The summed E-state index contributed by atoms with van der Waals surface area (Å²) in [6, 6.07) is 11.7. The zero-order valence-corrected chi connectivity index (χ0v) is 11.2. The third kappa shape index (κ3) is 3.05. The SMILES string of the molecule is COc1ccc(C(=S)N[n+]2cccc(C)c2)cc1. The second-order valence-corrected chi connectivity index (χ2v) is 4.37. The summed E-state index contributed by atoms with van der Waals surface area (Å²) < 4.78 is 6.96. The van der Waals surface area contributed by atoms with E-state index >= 15 is 0 Å². The predicted molar refractivity (Wildman–Crippen MR) is 75.4 cm³/mol. The maximum absolute atomic E-state index is 5.35. The van der Waals surface area contributed by atoms with Crippen LogP contribution in [0.1, 0.15) is 11.1 Å². The lowest BCUT2D eigenvalue weighted by Gasteiger charge is -2.04. The van der Waals surface area contributed by atoms with Gasteiger partial charge in [-0.25, -0.2) is 0 Å². The Morgan fingerprint density at radius 3 is 2.56 bits per heavy atom.